The summed E-state index contributed by atoms with van der Waals surface area (Å²) in [5.41, 5.74) is 2.07. The molecule has 7 heteroatoms. The first kappa shape index (κ1) is 19.4. The van der Waals surface area contributed by atoms with Crippen LogP contribution >= 0.6 is 0 Å². The highest BCUT2D eigenvalue weighted by atomic mass is 16.6. The maximum Gasteiger partial charge on any atom is 0.313 e. The van der Waals surface area contributed by atoms with Crippen molar-refractivity contribution in [1.82, 2.24) is 5.16 Å². The Kier molecular flexibility index (Phi) is 4.72. The molecule has 0 N–H and O–H groups in total. The summed E-state index contributed by atoms with van der Waals surface area (Å²) in [6.45, 7) is 1.06. The minimum absolute atomic E-state index is 0.00996. The smallest absolute Gasteiger partial charge is 0.313 e. The molecular weight excluding hydrogens is 422 g/mol. The van der Waals surface area contributed by atoms with Gasteiger partial charge in [-0.3, -0.25) is 4.79 Å². The zero-order valence-electron chi connectivity index (χ0n) is 17.6. The van der Waals surface area contributed by atoms with Crippen LogP contribution in [0, 0.1) is 0 Å². The first-order chi connectivity index (χ1) is 16.2. The number of hydrogen-bond acceptors (Lipinski definition) is 7. The molecule has 0 radical (unpaired) electrons. The second-order valence-corrected chi connectivity index (χ2v) is 7.79. The van der Waals surface area contributed by atoms with E-state index in [1.807, 2.05) is 60.7 Å². The van der Waals surface area contributed by atoms with Crippen LogP contribution in [0.1, 0.15) is 11.5 Å². The number of benzene rings is 3. The van der Waals surface area contributed by atoms with E-state index in [1.54, 1.807) is 6.07 Å². The van der Waals surface area contributed by atoms with E-state index < -0.39 is 5.97 Å². The van der Waals surface area contributed by atoms with Crippen LogP contribution in [0.15, 0.2) is 75.7 Å². The van der Waals surface area contributed by atoms with E-state index in [-0.39, 0.29) is 13.0 Å². The van der Waals surface area contributed by atoms with E-state index in [0.717, 1.165) is 27.3 Å². The number of carbonyl (C=O) groups excluding carboxylic acids is 1. The number of nitrogens with zero attached hydrogens (tertiary/aromatic N) is 1. The van der Waals surface area contributed by atoms with Crippen LogP contribution in [-0.4, -0.2) is 24.3 Å². The zero-order valence-corrected chi connectivity index (χ0v) is 17.6. The van der Waals surface area contributed by atoms with Crippen molar-refractivity contribution in [2.75, 3.05) is 13.2 Å². The lowest BCUT2D eigenvalue weighted by Gasteiger charge is -2.18. The summed E-state index contributed by atoms with van der Waals surface area (Å²) in [6, 6.07) is 21.2. The highest BCUT2D eigenvalue weighted by Gasteiger charge is 2.16. The molecule has 5 aromatic rings. The van der Waals surface area contributed by atoms with Crippen molar-refractivity contribution in [2.24, 2.45) is 0 Å². The number of aromatic nitrogens is 1. The zero-order chi connectivity index (χ0) is 22.2. The molecule has 33 heavy (non-hydrogen) atoms. The lowest BCUT2D eigenvalue weighted by atomic mass is 10.1. The Bertz CT molecular complexity index is 1480. The molecule has 0 saturated heterocycles. The Hall–Kier alpha value is -4.26. The van der Waals surface area contributed by atoms with Crippen LogP contribution in [0.4, 0.5) is 0 Å². The quantitative estimate of drug-likeness (QED) is 0.342. The van der Waals surface area contributed by atoms with Gasteiger partial charge in [0.15, 0.2) is 17.3 Å². The Labute approximate surface area is 188 Å². The molecule has 0 atom stereocenters. The number of carbonyl (C=O) groups is 1. The average molecular weight is 441 g/mol. The molecule has 2 aromatic heterocycles. The van der Waals surface area contributed by atoms with Crippen LogP contribution in [0.25, 0.3) is 33.1 Å². The summed E-state index contributed by atoms with van der Waals surface area (Å²) in [7, 11) is 0. The highest BCUT2D eigenvalue weighted by molar-refractivity contribution is 6.06. The first-order valence-corrected chi connectivity index (χ1v) is 10.6. The summed E-state index contributed by atoms with van der Waals surface area (Å²) in [5, 5.41) is 7.20. The van der Waals surface area contributed by atoms with Gasteiger partial charge in [0.1, 0.15) is 43.3 Å². The molecular formula is C26H19NO6. The number of rotatable bonds is 5. The van der Waals surface area contributed by atoms with Crippen molar-refractivity contribution < 1.29 is 27.9 Å². The maximum absolute atomic E-state index is 12.4. The topological polar surface area (TPSA) is 83.9 Å². The molecule has 7 nitrogen and oxygen atoms in total. The van der Waals surface area contributed by atoms with E-state index in [4.69, 9.17) is 23.2 Å². The summed E-state index contributed by atoms with van der Waals surface area (Å²) >= 11 is 0. The van der Waals surface area contributed by atoms with Crippen LogP contribution < -0.4 is 9.47 Å². The predicted octanol–water partition coefficient (Wildman–Crippen LogP) is 5.30. The summed E-state index contributed by atoms with van der Waals surface area (Å²) in [4.78, 5) is 12.4. The normalized spacial score (nSPS) is 12.8. The number of esters is 1. The van der Waals surface area contributed by atoms with E-state index in [9.17, 15) is 4.79 Å². The fraction of sp³-hybridized carbons (Fsp3) is 0.154. The van der Waals surface area contributed by atoms with E-state index >= 15 is 0 Å². The van der Waals surface area contributed by atoms with Gasteiger partial charge in [0, 0.05) is 17.0 Å². The van der Waals surface area contributed by atoms with Crippen molar-refractivity contribution in [3.8, 4) is 22.8 Å². The van der Waals surface area contributed by atoms with Crippen molar-refractivity contribution in [2.45, 2.75) is 13.0 Å². The van der Waals surface area contributed by atoms with Gasteiger partial charge < -0.3 is 23.2 Å². The Morgan fingerprint density at radius 2 is 1.79 bits per heavy atom. The van der Waals surface area contributed by atoms with E-state index in [1.165, 1.54) is 0 Å². The standard InChI is InChI=1S/C26H19NO6/c28-26(14-19-13-21-20-4-2-1-3-16(20)5-7-22(21)32-19)31-15-18-12-24(33-27-18)17-6-8-23-25(11-17)30-10-9-29-23/h1-8,11-13H,9-10,14-15H2. The molecule has 1 aliphatic heterocycles. The highest BCUT2D eigenvalue weighted by Crippen LogP contribution is 2.35. The third-order valence-electron chi connectivity index (χ3n) is 5.56. The number of fused-ring (bicyclic) bond motifs is 4. The predicted molar refractivity (Wildman–Crippen MR) is 120 cm³/mol. The molecule has 3 aromatic carbocycles. The maximum atomic E-state index is 12.4. The molecule has 0 spiro atoms. The molecule has 3 heterocycles. The molecule has 0 aliphatic carbocycles. The largest absolute Gasteiger partial charge is 0.486 e. The minimum Gasteiger partial charge on any atom is -0.486 e. The molecule has 0 saturated carbocycles. The monoisotopic (exact) mass is 441 g/mol. The van der Waals surface area contributed by atoms with Gasteiger partial charge in [-0.1, -0.05) is 35.5 Å². The van der Waals surface area contributed by atoms with Crippen molar-refractivity contribution >= 4 is 27.7 Å². The first-order valence-electron chi connectivity index (χ1n) is 10.6. The second kappa shape index (κ2) is 8.02. The fourth-order valence-corrected chi connectivity index (χ4v) is 3.99. The molecule has 164 valence electrons. The van der Waals surface area contributed by atoms with Gasteiger partial charge >= 0.3 is 5.97 Å². The van der Waals surface area contributed by atoms with Crippen LogP contribution in [0.5, 0.6) is 11.5 Å². The fourth-order valence-electron chi connectivity index (χ4n) is 3.99. The summed E-state index contributed by atoms with van der Waals surface area (Å²) < 4.78 is 27.8. The number of furan rings is 1. The number of hydrogen-bond donors (Lipinski definition) is 0. The third kappa shape index (κ3) is 3.78. The van der Waals surface area contributed by atoms with Crippen molar-refractivity contribution in [3.63, 3.8) is 0 Å². The molecule has 0 fully saturated rings. The SMILES string of the molecule is O=C(Cc1cc2c(ccc3ccccc32)o1)OCc1cc(-c2ccc3c(c2)OCCO3)on1. The van der Waals surface area contributed by atoms with Gasteiger partial charge in [0.25, 0.3) is 0 Å². The van der Waals surface area contributed by atoms with Crippen molar-refractivity contribution in [1.29, 1.82) is 0 Å². The van der Waals surface area contributed by atoms with Crippen LogP contribution in [-0.2, 0) is 22.6 Å². The number of ether oxygens (including phenoxy) is 3. The van der Waals surface area contributed by atoms with E-state index in [2.05, 4.69) is 5.16 Å². The summed E-state index contributed by atoms with van der Waals surface area (Å²) in [5.74, 6) is 2.09. The molecule has 6 rings (SSSR count). The van der Waals surface area contributed by atoms with Crippen LogP contribution in [0.2, 0.25) is 0 Å². The molecule has 0 unspecified atom stereocenters. The van der Waals surface area contributed by atoms with Gasteiger partial charge in [-0.2, -0.15) is 0 Å². The lowest BCUT2D eigenvalue weighted by Crippen LogP contribution is -2.15. The Morgan fingerprint density at radius 3 is 2.73 bits per heavy atom. The van der Waals surface area contributed by atoms with Gasteiger partial charge in [0.05, 0.1) is 0 Å². The van der Waals surface area contributed by atoms with Gasteiger partial charge in [-0.25, -0.2) is 0 Å². The Morgan fingerprint density at radius 1 is 0.909 bits per heavy atom. The van der Waals surface area contributed by atoms with Gasteiger partial charge in [0.2, 0.25) is 0 Å². The third-order valence-corrected chi connectivity index (χ3v) is 5.56. The lowest BCUT2D eigenvalue weighted by molar-refractivity contribution is -0.144. The van der Waals surface area contributed by atoms with Gasteiger partial charge in [-0.15, -0.1) is 0 Å². The Balaban J connectivity index is 1.12. The molecule has 1 aliphatic rings. The second-order valence-electron chi connectivity index (χ2n) is 7.79. The minimum atomic E-state index is -0.401. The average Bonchev–Trinajstić information content (AvgIpc) is 3.49. The van der Waals surface area contributed by atoms with Crippen LogP contribution in [0.3, 0.4) is 0 Å². The molecule has 0 amide bonds. The van der Waals surface area contributed by atoms with Gasteiger partial charge in [-0.05, 0) is 41.1 Å². The van der Waals surface area contributed by atoms with Crippen molar-refractivity contribution in [3.05, 3.63) is 78.2 Å². The molecule has 0 bridgehead atoms. The summed E-state index contributed by atoms with van der Waals surface area (Å²) in [6.07, 6.45) is 0.0376. The van der Waals surface area contributed by atoms with E-state index in [0.29, 0.717) is 41.9 Å².